The third kappa shape index (κ3) is 1.71. The summed E-state index contributed by atoms with van der Waals surface area (Å²) in [5, 5.41) is 13.5. The number of nitrogens with zero attached hydrogens (tertiary/aromatic N) is 3. The SMILES string of the molecule is Cc1nn(C)c(CN2CC(O)C2)c1Br. The van der Waals surface area contributed by atoms with E-state index >= 15 is 0 Å². The van der Waals surface area contributed by atoms with Gasteiger partial charge in [-0.3, -0.25) is 9.58 Å². The van der Waals surface area contributed by atoms with Crippen LogP contribution in [-0.4, -0.2) is 39.0 Å². The maximum absolute atomic E-state index is 9.16. The molecule has 0 amide bonds. The Balaban J connectivity index is 2.09. The predicted octanol–water partition coefficient (Wildman–Crippen LogP) is 0.668. The van der Waals surface area contributed by atoms with Crippen LogP contribution in [0.4, 0.5) is 0 Å². The summed E-state index contributed by atoms with van der Waals surface area (Å²) in [4.78, 5) is 2.20. The Kier molecular flexibility index (Phi) is 2.64. The van der Waals surface area contributed by atoms with Gasteiger partial charge in [-0.1, -0.05) is 0 Å². The van der Waals surface area contributed by atoms with Gasteiger partial charge in [0, 0.05) is 26.7 Å². The van der Waals surface area contributed by atoms with Crippen molar-refractivity contribution in [3.05, 3.63) is 15.9 Å². The van der Waals surface area contributed by atoms with Gasteiger partial charge in [0.15, 0.2) is 0 Å². The standard InChI is InChI=1S/C9H14BrN3O/c1-6-9(10)8(12(2)11-6)5-13-3-7(14)4-13/h7,14H,3-5H2,1-2H3. The topological polar surface area (TPSA) is 41.3 Å². The van der Waals surface area contributed by atoms with Gasteiger partial charge >= 0.3 is 0 Å². The van der Waals surface area contributed by atoms with Gasteiger partial charge in [-0.25, -0.2) is 0 Å². The molecule has 1 aliphatic rings. The molecule has 1 aromatic rings. The Morgan fingerprint density at radius 1 is 1.57 bits per heavy atom. The third-order valence-electron chi connectivity index (χ3n) is 2.57. The van der Waals surface area contributed by atoms with Crippen LogP contribution in [-0.2, 0) is 13.6 Å². The molecule has 0 aliphatic carbocycles. The van der Waals surface area contributed by atoms with Crippen molar-refractivity contribution in [2.24, 2.45) is 7.05 Å². The fourth-order valence-corrected chi connectivity index (χ4v) is 2.20. The number of aliphatic hydroxyl groups excluding tert-OH is 1. The van der Waals surface area contributed by atoms with E-state index in [4.69, 9.17) is 5.11 Å². The molecule has 1 aromatic heterocycles. The van der Waals surface area contributed by atoms with Gasteiger partial charge < -0.3 is 5.11 Å². The smallest absolute Gasteiger partial charge is 0.0794 e. The van der Waals surface area contributed by atoms with Crippen LogP contribution in [0, 0.1) is 6.92 Å². The summed E-state index contributed by atoms with van der Waals surface area (Å²) in [7, 11) is 1.95. The fraction of sp³-hybridized carbons (Fsp3) is 0.667. The van der Waals surface area contributed by atoms with E-state index < -0.39 is 0 Å². The van der Waals surface area contributed by atoms with Crippen LogP contribution in [0.25, 0.3) is 0 Å². The number of halogens is 1. The lowest BCUT2D eigenvalue weighted by molar-refractivity contribution is -0.00425. The zero-order valence-electron chi connectivity index (χ0n) is 8.37. The minimum Gasteiger partial charge on any atom is -0.390 e. The number of hydrogen-bond donors (Lipinski definition) is 1. The minimum atomic E-state index is -0.136. The van der Waals surface area contributed by atoms with Gasteiger partial charge in [0.2, 0.25) is 0 Å². The predicted molar refractivity (Wildman–Crippen MR) is 56.9 cm³/mol. The monoisotopic (exact) mass is 259 g/mol. The van der Waals surface area contributed by atoms with Crippen molar-refractivity contribution >= 4 is 15.9 Å². The van der Waals surface area contributed by atoms with Crippen LogP contribution >= 0.6 is 15.9 Å². The molecule has 1 saturated heterocycles. The van der Waals surface area contributed by atoms with Gasteiger partial charge in [-0.05, 0) is 22.9 Å². The van der Waals surface area contributed by atoms with Crippen LogP contribution in [0.15, 0.2) is 4.47 Å². The molecule has 0 atom stereocenters. The van der Waals surface area contributed by atoms with Crippen LogP contribution in [0.5, 0.6) is 0 Å². The Bertz CT molecular complexity index is 344. The quantitative estimate of drug-likeness (QED) is 0.849. The lowest BCUT2D eigenvalue weighted by Crippen LogP contribution is -2.50. The Hall–Kier alpha value is -0.390. The van der Waals surface area contributed by atoms with Crippen molar-refractivity contribution < 1.29 is 5.11 Å². The summed E-state index contributed by atoms with van der Waals surface area (Å²) >= 11 is 3.53. The second-order valence-electron chi connectivity index (χ2n) is 3.82. The fourth-order valence-electron chi connectivity index (χ4n) is 1.74. The van der Waals surface area contributed by atoms with Crippen molar-refractivity contribution in [3.8, 4) is 0 Å². The number of aromatic nitrogens is 2. The minimum absolute atomic E-state index is 0.136. The van der Waals surface area contributed by atoms with E-state index in [2.05, 4.69) is 25.9 Å². The zero-order valence-corrected chi connectivity index (χ0v) is 9.95. The summed E-state index contributed by atoms with van der Waals surface area (Å²) in [6.07, 6.45) is -0.136. The van der Waals surface area contributed by atoms with E-state index in [0.717, 1.165) is 29.8 Å². The second-order valence-corrected chi connectivity index (χ2v) is 4.61. The average Bonchev–Trinajstić information content (AvgIpc) is 2.29. The molecular weight excluding hydrogens is 246 g/mol. The Labute approximate surface area is 91.6 Å². The van der Waals surface area contributed by atoms with Gasteiger partial charge in [-0.2, -0.15) is 5.10 Å². The van der Waals surface area contributed by atoms with Gasteiger partial charge in [0.1, 0.15) is 0 Å². The molecule has 0 aromatic carbocycles. The lowest BCUT2D eigenvalue weighted by Gasteiger charge is -2.35. The molecule has 1 aliphatic heterocycles. The molecule has 5 heteroatoms. The van der Waals surface area contributed by atoms with Crippen molar-refractivity contribution in [2.45, 2.75) is 19.6 Å². The molecule has 0 saturated carbocycles. The van der Waals surface area contributed by atoms with E-state index in [-0.39, 0.29) is 6.10 Å². The zero-order chi connectivity index (χ0) is 10.3. The van der Waals surface area contributed by atoms with Gasteiger partial charge in [-0.15, -0.1) is 0 Å². The number of hydrogen-bond acceptors (Lipinski definition) is 3. The van der Waals surface area contributed by atoms with Gasteiger partial charge in [0.25, 0.3) is 0 Å². The molecule has 1 fully saturated rings. The first-order valence-electron chi connectivity index (χ1n) is 4.66. The molecule has 0 unspecified atom stereocenters. The summed E-state index contributed by atoms with van der Waals surface area (Å²) in [6, 6.07) is 0. The molecule has 14 heavy (non-hydrogen) atoms. The van der Waals surface area contributed by atoms with Crippen molar-refractivity contribution in [3.63, 3.8) is 0 Å². The molecular formula is C9H14BrN3O. The Morgan fingerprint density at radius 3 is 2.64 bits per heavy atom. The van der Waals surface area contributed by atoms with Crippen molar-refractivity contribution in [1.82, 2.24) is 14.7 Å². The highest BCUT2D eigenvalue weighted by molar-refractivity contribution is 9.10. The number of aryl methyl sites for hydroxylation is 2. The third-order valence-corrected chi connectivity index (χ3v) is 3.60. The normalized spacial score (nSPS) is 18.6. The molecule has 0 radical (unpaired) electrons. The van der Waals surface area contributed by atoms with E-state index in [1.165, 1.54) is 5.69 Å². The van der Waals surface area contributed by atoms with Crippen LogP contribution in [0.3, 0.4) is 0 Å². The van der Waals surface area contributed by atoms with Crippen molar-refractivity contribution in [2.75, 3.05) is 13.1 Å². The first-order chi connectivity index (χ1) is 6.58. The summed E-state index contributed by atoms with van der Waals surface area (Å²) < 4.78 is 2.98. The molecule has 0 spiro atoms. The number of rotatable bonds is 2. The van der Waals surface area contributed by atoms with E-state index in [9.17, 15) is 0 Å². The van der Waals surface area contributed by atoms with Crippen LogP contribution in [0.2, 0.25) is 0 Å². The van der Waals surface area contributed by atoms with Crippen LogP contribution in [0.1, 0.15) is 11.4 Å². The number of β-amino-alcohol motifs (C(OH)–C–C–N with tert-alkyl or cyclic N) is 1. The summed E-state index contributed by atoms with van der Waals surface area (Å²) in [6.45, 7) is 4.39. The van der Waals surface area contributed by atoms with E-state index in [1.54, 1.807) is 0 Å². The van der Waals surface area contributed by atoms with Crippen LogP contribution < -0.4 is 0 Å². The molecule has 78 valence electrons. The first kappa shape index (κ1) is 10.1. The maximum atomic E-state index is 9.16. The molecule has 2 heterocycles. The largest absolute Gasteiger partial charge is 0.390 e. The van der Waals surface area contributed by atoms with Gasteiger partial charge in [0.05, 0.1) is 22.0 Å². The van der Waals surface area contributed by atoms with E-state index in [1.807, 2.05) is 18.7 Å². The summed E-state index contributed by atoms with van der Waals surface area (Å²) in [5.74, 6) is 0. The molecule has 4 nitrogen and oxygen atoms in total. The van der Waals surface area contributed by atoms with Crippen molar-refractivity contribution in [1.29, 1.82) is 0 Å². The highest BCUT2D eigenvalue weighted by Crippen LogP contribution is 2.23. The molecule has 0 bridgehead atoms. The molecule has 2 rings (SSSR count). The lowest BCUT2D eigenvalue weighted by atomic mass is 10.1. The highest BCUT2D eigenvalue weighted by atomic mass is 79.9. The Morgan fingerprint density at radius 2 is 2.21 bits per heavy atom. The van der Waals surface area contributed by atoms with E-state index in [0.29, 0.717) is 0 Å². The number of aliphatic hydroxyl groups is 1. The summed E-state index contributed by atoms with van der Waals surface area (Å²) in [5.41, 5.74) is 2.19. The maximum Gasteiger partial charge on any atom is 0.0794 e. The second kappa shape index (κ2) is 3.64. The average molecular weight is 260 g/mol. The highest BCUT2D eigenvalue weighted by Gasteiger charge is 2.26. The molecule has 1 N–H and O–H groups in total. The first-order valence-corrected chi connectivity index (χ1v) is 5.45. The number of likely N-dealkylation sites (tertiary alicyclic amines) is 1.